The van der Waals surface area contributed by atoms with Crippen LogP contribution < -0.4 is 15.5 Å². The van der Waals surface area contributed by atoms with Gasteiger partial charge < -0.3 is 20.3 Å². The van der Waals surface area contributed by atoms with E-state index in [1.807, 2.05) is 0 Å². The number of fused-ring (bicyclic) bond motifs is 3. The largest absolute Gasteiger partial charge is 0.370 e. The molecule has 1 saturated heterocycles. The summed E-state index contributed by atoms with van der Waals surface area (Å²) in [5.74, 6) is -0.261. The number of rotatable bonds is 6. The van der Waals surface area contributed by atoms with Crippen molar-refractivity contribution in [3.05, 3.63) is 46.1 Å². The molecule has 1 fully saturated rings. The summed E-state index contributed by atoms with van der Waals surface area (Å²) in [4.78, 5) is 26.0. The number of benzene rings is 1. The van der Waals surface area contributed by atoms with Gasteiger partial charge in [0.15, 0.2) is 17.5 Å². The molecule has 0 spiro atoms. The average Bonchev–Trinajstić information content (AvgIpc) is 3.18. The van der Waals surface area contributed by atoms with Crippen LogP contribution in [-0.4, -0.2) is 48.7 Å². The average molecular weight is 489 g/mol. The second-order valence-corrected chi connectivity index (χ2v) is 10.2. The van der Waals surface area contributed by atoms with E-state index in [9.17, 15) is 13.6 Å². The van der Waals surface area contributed by atoms with Gasteiger partial charge in [-0.1, -0.05) is 6.92 Å². The molecule has 2 aromatic heterocycles. The number of halogens is 2. The number of hydrogen-bond acceptors (Lipinski definition) is 6. The standard InChI is InChI=1S/C24H27F2N5O2S/c1-14-2-4-16-19(10-14)34-24-22(16)23(29-20(30-24)13-31-6-8-33-9-7-31)27-12-21(32)28-15-3-5-17(25)18(26)11-15/h3,5,11,14H,2,4,6-10,12-13H2,1H3,(H,28,32)(H,27,29,30)/p+1/t14-/m0/s1. The zero-order chi connectivity index (χ0) is 23.7. The van der Waals surface area contributed by atoms with Gasteiger partial charge in [0.2, 0.25) is 5.91 Å². The third-order valence-electron chi connectivity index (χ3n) is 6.43. The Morgan fingerprint density at radius 1 is 1.24 bits per heavy atom. The van der Waals surface area contributed by atoms with Crippen LogP contribution in [0.5, 0.6) is 0 Å². The number of nitrogens with zero attached hydrogens (tertiary/aromatic N) is 2. The smallest absolute Gasteiger partial charge is 0.243 e. The van der Waals surface area contributed by atoms with E-state index in [0.29, 0.717) is 18.3 Å². The molecule has 3 heterocycles. The number of aromatic nitrogens is 2. The second kappa shape index (κ2) is 9.89. The highest BCUT2D eigenvalue weighted by atomic mass is 32.1. The van der Waals surface area contributed by atoms with E-state index in [-0.39, 0.29) is 18.1 Å². The number of quaternary nitrogens is 1. The van der Waals surface area contributed by atoms with Crippen LogP contribution in [0.1, 0.15) is 29.6 Å². The summed E-state index contributed by atoms with van der Waals surface area (Å²) >= 11 is 1.73. The molecule has 0 saturated carbocycles. The van der Waals surface area contributed by atoms with E-state index in [0.717, 1.165) is 73.7 Å². The highest BCUT2D eigenvalue weighted by molar-refractivity contribution is 7.19. The first kappa shape index (κ1) is 23.1. The predicted octanol–water partition coefficient (Wildman–Crippen LogP) is 2.56. The van der Waals surface area contributed by atoms with Gasteiger partial charge in [-0.05, 0) is 42.9 Å². The third-order valence-corrected chi connectivity index (χ3v) is 7.58. The van der Waals surface area contributed by atoms with E-state index in [4.69, 9.17) is 14.7 Å². The Kier molecular flexibility index (Phi) is 6.71. The lowest BCUT2D eigenvalue weighted by Crippen LogP contribution is -3.12. The first-order valence-electron chi connectivity index (χ1n) is 11.7. The number of aryl methyl sites for hydroxylation is 1. The number of hydrogen-bond donors (Lipinski definition) is 3. The minimum atomic E-state index is -1.00. The molecule has 0 unspecified atom stereocenters. The summed E-state index contributed by atoms with van der Waals surface area (Å²) in [7, 11) is 0. The van der Waals surface area contributed by atoms with Crippen molar-refractivity contribution in [2.24, 2.45) is 5.92 Å². The van der Waals surface area contributed by atoms with Crippen molar-refractivity contribution in [2.45, 2.75) is 32.7 Å². The van der Waals surface area contributed by atoms with E-state index in [1.165, 1.54) is 21.4 Å². The molecule has 5 rings (SSSR count). The Morgan fingerprint density at radius 3 is 2.85 bits per heavy atom. The molecule has 3 N–H and O–H groups in total. The summed E-state index contributed by atoms with van der Waals surface area (Å²) in [5.41, 5.74) is 1.49. The molecule has 3 aromatic rings. The van der Waals surface area contributed by atoms with Crippen LogP contribution in [-0.2, 0) is 28.9 Å². The van der Waals surface area contributed by atoms with Gasteiger partial charge in [-0.15, -0.1) is 11.3 Å². The molecule has 34 heavy (non-hydrogen) atoms. The van der Waals surface area contributed by atoms with Gasteiger partial charge in [0.25, 0.3) is 0 Å². The number of morpholine rings is 1. The van der Waals surface area contributed by atoms with E-state index in [1.54, 1.807) is 11.3 Å². The van der Waals surface area contributed by atoms with E-state index in [2.05, 4.69) is 17.6 Å². The number of anilines is 2. The Morgan fingerprint density at radius 2 is 2.06 bits per heavy atom. The molecule has 0 radical (unpaired) electrons. The van der Waals surface area contributed by atoms with Crippen molar-refractivity contribution in [3.8, 4) is 0 Å². The molecule has 1 atom stereocenters. The van der Waals surface area contributed by atoms with Crippen molar-refractivity contribution in [1.82, 2.24) is 9.97 Å². The van der Waals surface area contributed by atoms with Crippen molar-refractivity contribution in [2.75, 3.05) is 43.5 Å². The molecular formula is C24H28F2N5O2S+. The molecule has 10 heteroatoms. The Balaban J connectivity index is 1.39. The molecule has 1 aromatic carbocycles. The summed E-state index contributed by atoms with van der Waals surface area (Å²) in [6.45, 7) is 6.23. The van der Waals surface area contributed by atoms with E-state index < -0.39 is 11.6 Å². The Labute approximate surface area is 200 Å². The van der Waals surface area contributed by atoms with Crippen LogP contribution in [0, 0.1) is 17.6 Å². The summed E-state index contributed by atoms with van der Waals surface area (Å²) < 4.78 is 32.1. The van der Waals surface area contributed by atoms with Crippen molar-refractivity contribution >= 4 is 39.0 Å². The van der Waals surface area contributed by atoms with Gasteiger partial charge in [-0.3, -0.25) is 4.79 Å². The van der Waals surface area contributed by atoms with Gasteiger partial charge in [0, 0.05) is 16.6 Å². The van der Waals surface area contributed by atoms with Gasteiger partial charge in [0.1, 0.15) is 30.3 Å². The SMILES string of the molecule is C[C@H]1CCc2c(sc3nc(C[NH+]4CCOCC4)nc(NCC(=O)Nc4ccc(F)c(F)c4)c23)C1. The zero-order valence-electron chi connectivity index (χ0n) is 19.0. The number of carbonyl (C=O) groups excluding carboxylic acids is 1. The van der Waals surface area contributed by atoms with Gasteiger partial charge >= 0.3 is 0 Å². The quantitative estimate of drug-likeness (QED) is 0.497. The number of carbonyl (C=O) groups is 1. The maximum Gasteiger partial charge on any atom is 0.243 e. The van der Waals surface area contributed by atoms with Crippen molar-refractivity contribution in [1.29, 1.82) is 0 Å². The van der Waals surface area contributed by atoms with Gasteiger partial charge in [-0.25, -0.2) is 18.7 Å². The second-order valence-electron chi connectivity index (χ2n) is 9.09. The van der Waals surface area contributed by atoms with Gasteiger partial charge in [-0.2, -0.15) is 0 Å². The first-order chi connectivity index (χ1) is 16.5. The highest BCUT2D eigenvalue weighted by Gasteiger charge is 2.25. The maximum atomic E-state index is 13.5. The topological polar surface area (TPSA) is 80.6 Å². The molecule has 1 amide bonds. The highest BCUT2D eigenvalue weighted by Crippen LogP contribution is 2.40. The molecule has 7 nitrogen and oxygen atoms in total. The first-order valence-corrected chi connectivity index (χ1v) is 12.5. The van der Waals surface area contributed by atoms with Crippen LogP contribution in [0.3, 0.4) is 0 Å². The zero-order valence-corrected chi connectivity index (χ0v) is 19.9. The molecule has 2 aliphatic rings. The minimum Gasteiger partial charge on any atom is -0.370 e. The predicted molar refractivity (Wildman–Crippen MR) is 127 cm³/mol. The number of nitrogens with one attached hydrogen (secondary N) is 3. The summed E-state index contributed by atoms with van der Waals surface area (Å²) in [6, 6.07) is 3.29. The molecule has 0 bridgehead atoms. The third kappa shape index (κ3) is 5.03. The monoisotopic (exact) mass is 488 g/mol. The Hall–Kier alpha value is -2.69. The van der Waals surface area contributed by atoms with Crippen LogP contribution in [0.15, 0.2) is 18.2 Å². The maximum absolute atomic E-state index is 13.5. The summed E-state index contributed by atoms with van der Waals surface area (Å²) in [5, 5.41) is 6.81. The normalized spacial score (nSPS) is 18.6. The molecule has 180 valence electrons. The molecule has 1 aliphatic heterocycles. The van der Waals surface area contributed by atoms with E-state index >= 15 is 0 Å². The molecule has 1 aliphatic carbocycles. The lowest BCUT2D eigenvalue weighted by Gasteiger charge is -2.23. The van der Waals surface area contributed by atoms with Crippen LogP contribution in [0.2, 0.25) is 0 Å². The minimum absolute atomic E-state index is 0.0457. The van der Waals surface area contributed by atoms with Crippen LogP contribution in [0.4, 0.5) is 20.3 Å². The number of thiophene rings is 1. The van der Waals surface area contributed by atoms with Crippen molar-refractivity contribution < 1.29 is 23.2 Å². The number of amides is 1. The fourth-order valence-electron chi connectivity index (χ4n) is 4.60. The fraction of sp³-hybridized carbons (Fsp3) is 0.458. The fourth-order valence-corrected chi connectivity index (χ4v) is 6.00. The number of ether oxygens (including phenoxy) is 1. The molecular weight excluding hydrogens is 460 g/mol. The Bertz CT molecular complexity index is 1210. The summed E-state index contributed by atoms with van der Waals surface area (Å²) in [6.07, 6.45) is 3.13. The lowest BCUT2D eigenvalue weighted by molar-refractivity contribution is -0.922. The van der Waals surface area contributed by atoms with Crippen LogP contribution in [0.25, 0.3) is 10.2 Å². The lowest BCUT2D eigenvalue weighted by atomic mass is 9.89. The van der Waals surface area contributed by atoms with Crippen LogP contribution >= 0.6 is 11.3 Å². The van der Waals surface area contributed by atoms with Crippen molar-refractivity contribution in [3.63, 3.8) is 0 Å². The van der Waals surface area contributed by atoms with Gasteiger partial charge in [0.05, 0.1) is 25.1 Å².